The Hall–Kier alpha value is -1.33. The van der Waals surface area contributed by atoms with Crippen LogP contribution in [0.5, 0.6) is 0 Å². The van der Waals surface area contributed by atoms with Gasteiger partial charge < -0.3 is 10.8 Å². The number of benzene rings is 1. The van der Waals surface area contributed by atoms with Gasteiger partial charge in [-0.3, -0.25) is 4.79 Å². The standard InChI is InChI=1S/C13H15NO3S/c1-13(14,12(16)17)9-2-3-11-8(6-9)7-10(15)4-5-18-11/h2-3,6H,4-5,7,14H2,1H3,(H,16,17). The topological polar surface area (TPSA) is 80.4 Å². The molecule has 0 aliphatic carbocycles. The van der Waals surface area contributed by atoms with Crippen molar-refractivity contribution in [2.24, 2.45) is 5.73 Å². The molecule has 18 heavy (non-hydrogen) atoms. The van der Waals surface area contributed by atoms with Crippen LogP contribution in [-0.4, -0.2) is 22.6 Å². The summed E-state index contributed by atoms with van der Waals surface area (Å²) >= 11 is 1.63. The molecule has 1 aliphatic rings. The second-order valence-corrected chi connectivity index (χ2v) is 5.78. The maximum atomic E-state index is 11.6. The van der Waals surface area contributed by atoms with Gasteiger partial charge >= 0.3 is 5.97 Å². The zero-order chi connectivity index (χ0) is 13.3. The van der Waals surface area contributed by atoms with Crippen LogP contribution in [0.3, 0.4) is 0 Å². The fourth-order valence-corrected chi connectivity index (χ4v) is 2.91. The molecule has 3 N–H and O–H groups in total. The molecule has 1 aliphatic heterocycles. The van der Waals surface area contributed by atoms with E-state index in [1.807, 2.05) is 6.07 Å². The number of fused-ring (bicyclic) bond motifs is 1. The summed E-state index contributed by atoms with van der Waals surface area (Å²) in [5, 5.41) is 9.11. The lowest BCUT2D eigenvalue weighted by molar-refractivity contribution is -0.143. The number of ketones is 1. The second kappa shape index (κ2) is 4.74. The molecule has 0 bridgehead atoms. The molecule has 0 amide bonds. The quantitative estimate of drug-likeness (QED) is 0.848. The third kappa shape index (κ3) is 2.42. The Bertz CT molecular complexity index is 511. The van der Waals surface area contributed by atoms with Crippen LogP contribution in [0, 0.1) is 0 Å². The van der Waals surface area contributed by atoms with Gasteiger partial charge in [-0.1, -0.05) is 12.1 Å². The van der Waals surface area contributed by atoms with Gasteiger partial charge in [-0.15, -0.1) is 11.8 Å². The smallest absolute Gasteiger partial charge is 0.328 e. The second-order valence-electron chi connectivity index (χ2n) is 4.64. The summed E-state index contributed by atoms with van der Waals surface area (Å²) in [4.78, 5) is 23.8. The predicted molar refractivity (Wildman–Crippen MR) is 69.7 cm³/mol. The van der Waals surface area contributed by atoms with Crippen molar-refractivity contribution < 1.29 is 14.7 Å². The fourth-order valence-electron chi connectivity index (χ4n) is 1.88. The first-order valence-corrected chi connectivity index (χ1v) is 6.70. The molecule has 2 rings (SSSR count). The highest BCUT2D eigenvalue weighted by atomic mass is 32.2. The van der Waals surface area contributed by atoms with Crippen LogP contribution in [0.25, 0.3) is 0 Å². The molecule has 96 valence electrons. The fraction of sp³-hybridized carbons (Fsp3) is 0.385. The minimum atomic E-state index is -1.42. The minimum Gasteiger partial charge on any atom is -0.480 e. The van der Waals surface area contributed by atoms with Crippen LogP contribution in [0.2, 0.25) is 0 Å². The average molecular weight is 265 g/mol. The molecule has 0 saturated carbocycles. The number of rotatable bonds is 2. The maximum Gasteiger partial charge on any atom is 0.328 e. The van der Waals surface area contributed by atoms with Gasteiger partial charge in [0, 0.05) is 23.5 Å². The highest BCUT2D eigenvalue weighted by molar-refractivity contribution is 7.99. The average Bonchev–Trinajstić information content (AvgIpc) is 2.48. The van der Waals surface area contributed by atoms with Gasteiger partial charge in [0.15, 0.2) is 0 Å². The Morgan fingerprint density at radius 2 is 2.22 bits per heavy atom. The van der Waals surface area contributed by atoms with Gasteiger partial charge in [0.2, 0.25) is 0 Å². The molecule has 0 fully saturated rings. The number of thioether (sulfide) groups is 1. The largest absolute Gasteiger partial charge is 0.480 e. The SMILES string of the molecule is CC(N)(C(=O)O)c1ccc2c(c1)CC(=O)CCS2. The number of Topliss-reactive ketones (excluding diaryl/α,β-unsaturated/α-hetero) is 1. The summed E-state index contributed by atoms with van der Waals surface area (Å²) in [7, 11) is 0. The molecule has 0 saturated heterocycles. The van der Waals surface area contributed by atoms with Crippen LogP contribution in [0.15, 0.2) is 23.1 Å². The van der Waals surface area contributed by atoms with E-state index in [1.165, 1.54) is 6.92 Å². The van der Waals surface area contributed by atoms with Crippen molar-refractivity contribution in [3.8, 4) is 0 Å². The van der Waals surface area contributed by atoms with Crippen molar-refractivity contribution >= 4 is 23.5 Å². The van der Waals surface area contributed by atoms with Gasteiger partial charge in [-0.25, -0.2) is 4.79 Å². The van der Waals surface area contributed by atoms with Crippen molar-refractivity contribution in [3.63, 3.8) is 0 Å². The van der Waals surface area contributed by atoms with Crippen molar-refractivity contribution in [1.29, 1.82) is 0 Å². The van der Waals surface area contributed by atoms with E-state index in [9.17, 15) is 9.59 Å². The Labute approximate surface area is 110 Å². The Kier molecular flexibility index (Phi) is 3.45. The first-order valence-electron chi connectivity index (χ1n) is 5.71. The van der Waals surface area contributed by atoms with Gasteiger partial charge in [0.1, 0.15) is 11.3 Å². The zero-order valence-electron chi connectivity index (χ0n) is 10.1. The van der Waals surface area contributed by atoms with E-state index >= 15 is 0 Å². The number of hydrogen-bond donors (Lipinski definition) is 2. The Morgan fingerprint density at radius 3 is 2.89 bits per heavy atom. The molecule has 0 spiro atoms. The van der Waals surface area contributed by atoms with E-state index in [2.05, 4.69) is 0 Å². The molecular weight excluding hydrogens is 250 g/mol. The van der Waals surface area contributed by atoms with Gasteiger partial charge in [-0.05, 0) is 24.1 Å². The number of carboxylic acids is 1. The Balaban J connectivity index is 2.43. The summed E-state index contributed by atoms with van der Waals surface area (Å²) in [5.74, 6) is -0.105. The number of carboxylic acid groups (broad SMARTS) is 1. The summed E-state index contributed by atoms with van der Waals surface area (Å²) in [6.45, 7) is 1.46. The van der Waals surface area contributed by atoms with Gasteiger partial charge in [-0.2, -0.15) is 0 Å². The van der Waals surface area contributed by atoms with E-state index in [-0.39, 0.29) is 5.78 Å². The number of carbonyl (C=O) groups excluding carboxylic acids is 1. The maximum absolute atomic E-state index is 11.6. The number of carbonyl (C=O) groups is 2. The van der Waals surface area contributed by atoms with E-state index < -0.39 is 11.5 Å². The molecule has 0 aromatic heterocycles. The van der Waals surface area contributed by atoms with Crippen LogP contribution in [-0.2, 0) is 21.5 Å². The number of hydrogen-bond acceptors (Lipinski definition) is 4. The summed E-state index contributed by atoms with van der Waals surface area (Å²) in [6.07, 6.45) is 0.930. The van der Waals surface area contributed by atoms with Crippen molar-refractivity contribution in [3.05, 3.63) is 29.3 Å². The minimum absolute atomic E-state index is 0.187. The predicted octanol–water partition coefficient (Wildman–Crippen LogP) is 1.55. The summed E-state index contributed by atoms with van der Waals surface area (Å²) in [5.41, 5.74) is 5.79. The van der Waals surface area contributed by atoms with E-state index in [0.29, 0.717) is 18.4 Å². The number of nitrogens with two attached hydrogens (primary N) is 1. The third-order valence-electron chi connectivity index (χ3n) is 3.13. The van der Waals surface area contributed by atoms with Crippen LogP contribution < -0.4 is 5.73 Å². The van der Waals surface area contributed by atoms with E-state index in [1.54, 1.807) is 23.9 Å². The monoisotopic (exact) mass is 265 g/mol. The lowest BCUT2D eigenvalue weighted by Gasteiger charge is -2.21. The first kappa shape index (κ1) is 13.1. The van der Waals surface area contributed by atoms with E-state index in [4.69, 9.17) is 10.8 Å². The normalized spacial score (nSPS) is 18.7. The van der Waals surface area contributed by atoms with Crippen LogP contribution in [0.1, 0.15) is 24.5 Å². The molecule has 1 aromatic carbocycles. The molecule has 1 aromatic rings. The van der Waals surface area contributed by atoms with Crippen molar-refractivity contribution in [2.75, 3.05) is 5.75 Å². The summed E-state index contributed by atoms with van der Waals surface area (Å²) < 4.78 is 0. The van der Waals surface area contributed by atoms with Gasteiger partial charge in [0.25, 0.3) is 0 Å². The molecule has 0 radical (unpaired) electrons. The van der Waals surface area contributed by atoms with Crippen LogP contribution in [0.4, 0.5) is 0 Å². The highest BCUT2D eigenvalue weighted by Gasteiger charge is 2.31. The van der Waals surface area contributed by atoms with Crippen molar-refractivity contribution in [2.45, 2.75) is 30.2 Å². The molecule has 1 unspecified atom stereocenters. The molecular formula is C13H15NO3S. The Morgan fingerprint density at radius 1 is 1.50 bits per heavy atom. The van der Waals surface area contributed by atoms with Crippen LogP contribution >= 0.6 is 11.8 Å². The molecule has 1 heterocycles. The highest BCUT2D eigenvalue weighted by Crippen LogP contribution is 2.31. The lowest BCUT2D eigenvalue weighted by Crippen LogP contribution is -2.41. The van der Waals surface area contributed by atoms with Crippen molar-refractivity contribution in [1.82, 2.24) is 0 Å². The van der Waals surface area contributed by atoms with Gasteiger partial charge in [0.05, 0.1) is 0 Å². The lowest BCUT2D eigenvalue weighted by atomic mass is 9.91. The third-order valence-corrected chi connectivity index (χ3v) is 4.25. The molecule has 1 atom stereocenters. The first-order chi connectivity index (χ1) is 8.41. The summed E-state index contributed by atoms with van der Waals surface area (Å²) in [6, 6.07) is 5.34. The zero-order valence-corrected chi connectivity index (χ0v) is 10.9. The molecule has 4 nitrogen and oxygen atoms in total. The van der Waals surface area contributed by atoms with E-state index in [0.717, 1.165) is 16.2 Å². The molecule has 5 heteroatoms. The number of aliphatic carboxylic acids is 1.